The molecule has 0 saturated heterocycles. The first-order valence-electron chi connectivity index (χ1n) is 8.25. The van der Waals surface area contributed by atoms with Gasteiger partial charge in [0.1, 0.15) is 0 Å². The number of amides is 1. The maximum absolute atomic E-state index is 12.5. The van der Waals surface area contributed by atoms with E-state index in [0.29, 0.717) is 17.2 Å². The molecule has 0 spiro atoms. The van der Waals surface area contributed by atoms with E-state index in [4.69, 9.17) is 0 Å². The van der Waals surface area contributed by atoms with E-state index in [0.717, 1.165) is 4.88 Å². The van der Waals surface area contributed by atoms with Gasteiger partial charge in [0.25, 0.3) is 0 Å². The molecule has 0 saturated carbocycles. The van der Waals surface area contributed by atoms with Crippen LogP contribution >= 0.6 is 11.3 Å². The van der Waals surface area contributed by atoms with Crippen LogP contribution < -0.4 is 5.32 Å². The molecule has 0 aliphatic carbocycles. The van der Waals surface area contributed by atoms with Crippen molar-refractivity contribution in [3.05, 3.63) is 75.0 Å². The summed E-state index contributed by atoms with van der Waals surface area (Å²) in [7, 11) is -3.92. The van der Waals surface area contributed by atoms with Gasteiger partial charge in [-0.1, -0.05) is 6.07 Å². The third-order valence-corrected chi connectivity index (χ3v) is 5.66. The van der Waals surface area contributed by atoms with Crippen molar-refractivity contribution in [3.63, 3.8) is 0 Å². The highest BCUT2D eigenvalue weighted by atomic mass is 32.2. The highest BCUT2D eigenvalue weighted by Crippen LogP contribution is 2.27. The number of sulfonamides is 1. The van der Waals surface area contributed by atoms with E-state index >= 15 is 0 Å². The zero-order valence-corrected chi connectivity index (χ0v) is 16.8. The fourth-order valence-corrected chi connectivity index (χ4v) is 3.90. The maximum Gasteiger partial charge on any atom is 0.248 e. The molecule has 3 aromatic rings. The van der Waals surface area contributed by atoms with Crippen molar-refractivity contribution >= 4 is 44.8 Å². The monoisotopic (exact) mass is 413 g/mol. The number of hydrogen-bond acceptors (Lipinski definition) is 6. The Balaban J connectivity index is 1.68. The molecule has 0 unspecified atom stereocenters. The van der Waals surface area contributed by atoms with E-state index in [1.807, 2.05) is 17.5 Å². The van der Waals surface area contributed by atoms with Crippen molar-refractivity contribution in [3.8, 4) is 0 Å². The molecule has 2 heterocycles. The Hall–Kier alpha value is -3.04. The van der Waals surface area contributed by atoms with Gasteiger partial charge < -0.3 is 15.0 Å². The Morgan fingerprint density at radius 2 is 1.89 bits per heavy atom. The number of aromatic nitrogens is 2. The lowest BCUT2D eigenvalue weighted by atomic mass is 10.3. The summed E-state index contributed by atoms with van der Waals surface area (Å²) in [6.45, 7) is 3.41. The third kappa shape index (κ3) is 5.24. The van der Waals surface area contributed by atoms with Gasteiger partial charge in [-0.25, -0.2) is 8.42 Å². The highest BCUT2D eigenvalue weighted by Gasteiger charge is 2.10. The van der Waals surface area contributed by atoms with Crippen molar-refractivity contribution in [2.75, 3.05) is 5.32 Å². The van der Waals surface area contributed by atoms with Crippen molar-refractivity contribution in [1.82, 2.24) is 9.97 Å². The number of carbonyl (C=O) groups excluding carboxylic acids is 1. The molecule has 0 bridgehead atoms. The van der Waals surface area contributed by atoms with Gasteiger partial charge in [-0.3, -0.25) is 9.78 Å². The second-order valence-corrected chi connectivity index (χ2v) is 8.43. The number of hydrogen-bond donors (Lipinski definition) is 1. The van der Waals surface area contributed by atoms with Crippen LogP contribution in [0.2, 0.25) is 0 Å². The average molecular weight is 414 g/mol. The molecular formula is C19H17N4O3S2-. The molecule has 0 atom stereocenters. The average Bonchev–Trinajstić information content (AvgIpc) is 3.13. The summed E-state index contributed by atoms with van der Waals surface area (Å²) in [5.74, 6) is 0.226. The molecule has 1 aromatic carbocycles. The zero-order valence-electron chi connectivity index (χ0n) is 15.2. The molecule has 0 fully saturated rings. The Morgan fingerprint density at radius 3 is 2.54 bits per heavy atom. The summed E-state index contributed by atoms with van der Waals surface area (Å²) in [6.07, 6.45) is 3.13. The molecular weight excluding hydrogens is 396 g/mol. The predicted molar refractivity (Wildman–Crippen MR) is 110 cm³/mol. The Bertz CT molecular complexity index is 1090. The van der Waals surface area contributed by atoms with Gasteiger partial charge in [-0.05, 0) is 67.5 Å². The molecule has 2 aromatic heterocycles. The summed E-state index contributed by atoms with van der Waals surface area (Å²) >= 11 is 1.53. The van der Waals surface area contributed by atoms with Crippen molar-refractivity contribution in [2.24, 2.45) is 0 Å². The normalized spacial score (nSPS) is 11.5. The molecule has 3 rings (SSSR count). The summed E-state index contributed by atoms with van der Waals surface area (Å²) in [5.41, 5.74) is 1.11. The van der Waals surface area contributed by atoms with Gasteiger partial charge in [0.15, 0.2) is 0 Å². The summed E-state index contributed by atoms with van der Waals surface area (Å²) in [6, 6.07) is 11.1. The minimum absolute atomic E-state index is 0.00791. The second kappa shape index (κ2) is 8.32. The van der Waals surface area contributed by atoms with Gasteiger partial charge in [0, 0.05) is 28.2 Å². The van der Waals surface area contributed by atoms with E-state index in [1.165, 1.54) is 47.7 Å². The van der Waals surface area contributed by atoms with E-state index in [9.17, 15) is 13.2 Å². The number of aryl methyl sites for hydroxylation is 2. The molecule has 144 valence electrons. The molecule has 0 radical (unpaired) electrons. The van der Waals surface area contributed by atoms with Crippen LogP contribution in [-0.2, 0) is 14.8 Å². The van der Waals surface area contributed by atoms with E-state index in [1.54, 1.807) is 19.9 Å². The molecule has 1 amide bonds. The van der Waals surface area contributed by atoms with Crippen LogP contribution in [0.25, 0.3) is 10.8 Å². The number of benzene rings is 1. The maximum atomic E-state index is 12.5. The SMILES string of the molecule is Cc1cc([N-]S(=O)(=O)c2ccc(NC(=O)C=Cc3cccs3)cc2)nc(C)n1. The molecule has 0 aliphatic heterocycles. The summed E-state index contributed by atoms with van der Waals surface area (Å²) < 4.78 is 28.7. The van der Waals surface area contributed by atoms with Crippen molar-refractivity contribution in [1.29, 1.82) is 0 Å². The number of thiophene rings is 1. The van der Waals surface area contributed by atoms with Crippen LogP contribution in [0.3, 0.4) is 0 Å². The van der Waals surface area contributed by atoms with Gasteiger partial charge >= 0.3 is 0 Å². The first-order chi connectivity index (χ1) is 13.3. The lowest BCUT2D eigenvalue weighted by Crippen LogP contribution is -2.08. The lowest BCUT2D eigenvalue weighted by Gasteiger charge is -2.17. The Labute approximate surface area is 167 Å². The largest absolute Gasteiger partial charge is 0.423 e. The molecule has 0 aliphatic rings. The van der Waals surface area contributed by atoms with E-state index in [-0.39, 0.29) is 16.6 Å². The quantitative estimate of drug-likeness (QED) is 0.610. The standard InChI is InChI=1S/C19H18N4O3S2/c1-13-12-18(21-14(2)20-13)23-28(25,26)17-8-5-15(6-9-17)22-19(24)10-7-16-4-3-11-27-16/h3-12H,1-2H3,(H2,20,21,22,23,24)/p-1. The number of carbonyl (C=O) groups is 1. The smallest absolute Gasteiger partial charge is 0.248 e. The topological polar surface area (TPSA) is 103 Å². The zero-order chi connectivity index (χ0) is 20.1. The Kier molecular flexibility index (Phi) is 5.86. The highest BCUT2D eigenvalue weighted by molar-refractivity contribution is 7.94. The Morgan fingerprint density at radius 1 is 1.14 bits per heavy atom. The van der Waals surface area contributed by atoms with E-state index < -0.39 is 10.0 Å². The third-order valence-electron chi connectivity index (χ3n) is 3.53. The fourth-order valence-electron chi connectivity index (χ4n) is 2.36. The first-order valence-corrected chi connectivity index (χ1v) is 10.6. The summed E-state index contributed by atoms with van der Waals surface area (Å²) in [5, 5.41) is 4.60. The minimum Gasteiger partial charge on any atom is -0.423 e. The van der Waals surface area contributed by atoms with Gasteiger partial charge in [0.2, 0.25) is 15.9 Å². The number of nitrogens with one attached hydrogen (secondary N) is 1. The number of anilines is 1. The van der Waals surface area contributed by atoms with Crippen molar-refractivity contribution in [2.45, 2.75) is 18.7 Å². The van der Waals surface area contributed by atoms with E-state index in [2.05, 4.69) is 20.0 Å². The number of nitrogens with zero attached hydrogens (tertiary/aromatic N) is 3. The predicted octanol–water partition coefficient (Wildman–Crippen LogP) is 4.20. The van der Waals surface area contributed by atoms with Gasteiger partial charge in [0.05, 0.1) is 4.90 Å². The molecule has 28 heavy (non-hydrogen) atoms. The van der Waals surface area contributed by atoms with Gasteiger partial charge in [-0.15, -0.1) is 11.3 Å². The first kappa shape index (κ1) is 19.7. The van der Waals surface area contributed by atoms with Crippen LogP contribution in [0.5, 0.6) is 0 Å². The van der Waals surface area contributed by atoms with Crippen molar-refractivity contribution < 1.29 is 13.2 Å². The van der Waals surface area contributed by atoms with Crippen LogP contribution in [0, 0.1) is 13.8 Å². The molecule has 1 N–H and O–H groups in total. The van der Waals surface area contributed by atoms with Crippen LogP contribution in [0.15, 0.2) is 58.8 Å². The number of rotatable bonds is 6. The minimum atomic E-state index is -3.92. The fraction of sp³-hybridized carbons (Fsp3) is 0.105. The molecule has 9 heteroatoms. The lowest BCUT2D eigenvalue weighted by molar-refractivity contribution is -0.111. The second-order valence-electron chi connectivity index (χ2n) is 5.84. The van der Waals surface area contributed by atoms with Crippen LogP contribution in [-0.4, -0.2) is 24.3 Å². The van der Waals surface area contributed by atoms with Gasteiger partial charge in [-0.2, -0.15) is 0 Å². The molecule has 7 nitrogen and oxygen atoms in total. The summed E-state index contributed by atoms with van der Waals surface area (Å²) in [4.78, 5) is 21.0. The van der Waals surface area contributed by atoms with Crippen LogP contribution in [0.4, 0.5) is 11.5 Å². The van der Waals surface area contributed by atoms with Crippen LogP contribution in [0.1, 0.15) is 16.4 Å².